The summed E-state index contributed by atoms with van der Waals surface area (Å²) in [5.41, 5.74) is -0.465. The fourth-order valence-corrected chi connectivity index (χ4v) is 3.30. The van der Waals surface area contributed by atoms with Crippen molar-refractivity contribution >= 4 is 23.4 Å². The molecule has 0 saturated carbocycles. The van der Waals surface area contributed by atoms with Gasteiger partial charge >= 0.3 is 0 Å². The average Bonchev–Trinajstić information content (AvgIpc) is 2.75. The molecule has 1 aliphatic heterocycles. The number of fused-ring (bicyclic) bond motifs is 1. The highest BCUT2D eigenvalue weighted by Crippen LogP contribution is 2.33. The van der Waals surface area contributed by atoms with Crippen LogP contribution in [0.25, 0.3) is 11.3 Å². The van der Waals surface area contributed by atoms with Crippen molar-refractivity contribution in [1.82, 2.24) is 15.2 Å². The molecule has 0 saturated heterocycles. The van der Waals surface area contributed by atoms with E-state index in [2.05, 4.69) is 20.5 Å². The summed E-state index contributed by atoms with van der Waals surface area (Å²) >= 11 is 0.870. The molecule has 2 heterocycles. The van der Waals surface area contributed by atoms with E-state index in [1.165, 1.54) is 6.07 Å². The number of nitrogens with zero attached hydrogens (tertiary/aromatic N) is 2. The number of carbonyl (C=O) groups is 1. The topological polar surface area (TPSA) is 106 Å². The van der Waals surface area contributed by atoms with Gasteiger partial charge in [0, 0.05) is 5.56 Å². The summed E-state index contributed by atoms with van der Waals surface area (Å²) in [4.78, 5) is 26.9. The first kappa shape index (κ1) is 19.8. The molecule has 0 unspecified atom stereocenters. The van der Waals surface area contributed by atoms with E-state index in [0.717, 1.165) is 23.9 Å². The molecule has 0 bridgehead atoms. The molecular formula is C19H14F2N4O4S. The Morgan fingerprint density at radius 1 is 1.10 bits per heavy atom. The minimum Gasteiger partial charge on any atom is -0.486 e. The van der Waals surface area contributed by atoms with E-state index in [0.29, 0.717) is 30.3 Å². The van der Waals surface area contributed by atoms with Crippen LogP contribution in [-0.2, 0) is 4.79 Å². The minimum atomic E-state index is -0.884. The van der Waals surface area contributed by atoms with E-state index in [1.54, 1.807) is 18.2 Å². The second kappa shape index (κ2) is 8.49. The van der Waals surface area contributed by atoms with Gasteiger partial charge in [-0.25, -0.2) is 8.78 Å². The standard InChI is InChI=1S/C19H14F2N4O4S/c20-11-2-1-3-12(21)17(11)22-15(26)9-30-19-23-18(27)16(24-25-19)10-4-5-13-14(8-10)29-7-6-28-13/h1-5,8H,6-7,9H2,(H,22,26)(H,23,25,27). The Morgan fingerprint density at radius 2 is 1.83 bits per heavy atom. The van der Waals surface area contributed by atoms with Gasteiger partial charge in [0.05, 0.1) is 5.75 Å². The zero-order valence-corrected chi connectivity index (χ0v) is 16.1. The fraction of sp³-hybridized carbons (Fsp3) is 0.158. The number of benzene rings is 2. The maximum Gasteiger partial charge on any atom is 0.278 e. The van der Waals surface area contributed by atoms with Crippen LogP contribution in [0.1, 0.15) is 0 Å². The van der Waals surface area contributed by atoms with Crippen LogP contribution in [0.3, 0.4) is 0 Å². The molecule has 1 aromatic heterocycles. The maximum atomic E-state index is 13.6. The summed E-state index contributed by atoms with van der Waals surface area (Å²) in [5, 5.41) is 10.1. The summed E-state index contributed by atoms with van der Waals surface area (Å²) < 4.78 is 38.1. The quantitative estimate of drug-likeness (QED) is 0.597. The number of hydrogen-bond donors (Lipinski definition) is 2. The van der Waals surface area contributed by atoms with Crippen LogP contribution in [0.5, 0.6) is 11.5 Å². The van der Waals surface area contributed by atoms with Crippen LogP contribution in [0.15, 0.2) is 46.3 Å². The van der Waals surface area contributed by atoms with Crippen LogP contribution in [-0.4, -0.2) is 40.1 Å². The predicted molar refractivity (Wildman–Crippen MR) is 105 cm³/mol. The van der Waals surface area contributed by atoms with Crippen molar-refractivity contribution in [3.63, 3.8) is 0 Å². The first-order valence-electron chi connectivity index (χ1n) is 8.75. The fourth-order valence-electron chi connectivity index (χ4n) is 2.69. The Kier molecular flexibility index (Phi) is 5.61. The van der Waals surface area contributed by atoms with E-state index in [-0.39, 0.29) is 16.6 Å². The summed E-state index contributed by atoms with van der Waals surface area (Å²) in [6.07, 6.45) is 0. The first-order chi connectivity index (χ1) is 14.5. The highest BCUT2D eigenvalue weighted by Gasteiger charge is 2.16. The number of anilines is 1. The van der Waals surface area contributed by atoms with Gasteiger partial charge in [-0.2, -0.15) is 0 Å². The number of hydrogen-bond acceptors (Lipinski definition) is 7. The maximum absolute atomic E-state index is 13.6. The number of H-pyrrole nitrogens is 1. The van der Waals surface area contributed by atoms with Crippen molar-refractivity contribution < 1.29 is 23.0 Å². The highest BCUT2D eigenvalue weighted by molar-refractivity contribution is 7.99. The van der Waals surface area contributed by atoms with Gasteiger partial charge in [0.1, 0.15) is 30.5 Å². The van der Waals surface area contributed by atoms with Gasteiger partial charge in [0.15, 0.2) is 22.3 Å². The van der Waals surface area contributed by atoms with Gasteiger partial charge in [-0.3, -0.25) is 14.6 Å². The molecule has 3 aromatic rings. The molecule has 8 nitrogen and oxygen atoms in total. The normalized spacial score (nSPS) is 12.5. The summed E-state index contributed by atoms with van der Waals surface area (Å²) in [5.74, 6) is -1.57. The summed E-state index contributed by atoms with van der Waals surface area (Å²) in [7, 11) is 0. The molecule has 30 heavy (non-hydrogen) atoms. The Labute approximate surface area is 172 Å². The van der Waals surface area contributed by atoms with Crippen molar-refractivity contribution in [2.45, 2.75) is 5.16 Å². The van der Waals surface area contributed by atoms with Gasteiger partial charge < -0.3 is 14.8 Å². The van der Waals surface area contributed by atoms with Crippen molar-refractivity contribution in [1.29, 1.82) is 0 Å². The number of para-hydroxylation sites is 1. The van der Waals surface area contributed by atoms with Gasteiger partial charge in [0.25, 0.3) is 5.56 Å². The number of thioether (sulfide) groups is 1. The first-order valence-corrected chi connectivity index (χ1v) is 9.73. The Hall–Kier alpha value is -3.47. The van der Waals surface area contributed by atoms with E-state index < -0.39 is 28.8 Å². The zero-order valence-electron chi connectivity index (χ0n) is 15.3. The lowest BCUT2D eigenvalue weighted by molar-refractivity contribution is -0.113. The number of nitrogens with one attached hydrogen (secondary N) is 2. The third-order valence-electron chi connectivity index (χ3n) is 4.06. The third kappa shape index (κ3) is 4.25. The average molecular weight is 432 g/mol. The van der Waals surface area contributed by atoms with Gasteiger partial charge in [0.2, 0.25) is 5.91 Å². The monoisotopic (exact) mass is 432 g/mol. The lowest BCUT2D eigenvalue weighted by atomic mass is 10.1. The minimum absolute atomic E-state index is 0.0780. The molecule has 2 N–H and O–H groups in total. The molecule has 2 aromatic carbocycles. The Bertz CT molecular complexity index is 1150. The number of ether oxygens (including phenoxy) is 2. The molecular weight excluding hydrogens is 418 g/mol. The molecule has 0 radical (unpaired) electrons. The number of aromatic amines is 1. The zero-order chi connectivity index (χ0) is 21.1. The third-order valence-corrected chi connectivity index (χ3v) is 4.92. The van der Waals surface area contributed by atoms with Crippen molar-refractivity contribution in [2.24, 2.45) is 0 Å². The molecule has 0 atom stereocenters. The molecule has 4 rings (SSSR count). The lowest BCUT2D eigenvalue weighted by Gasteiger charge is -2.18. The number of carbonyl (C=O) groups excluding carboxylic acids is 1. The molecule has 11 heteroatoms. The largest absolute Gasteiger partial charge is 0.486 e. The number of amides is 1. The van der Waals surface area contributed by atoms with Gasteiger partial charge in [-0.1, -0.05) is 17.8 Å². The molecule has 1 amide bonds. The van der Waals surface area contributed by atoms with Gasteiger partial charge in [-0.15, -0.1) is 10.2 Å². The molecule has 154 valence electrons. The molecule has 0 spiro atoms. The van der Waals surface area contributed by atoms with Crippen LogP contribution >= 0.6 is 11.8 Å². The number of halogens is 2. The predicted octanol–water partition coefficient (Wildman–Crippen LogP) is 2.61. The Morgan fingerprint density at radius 3 is 2.57 bits per heavy atom. The van der Waals surface area contributed by atoms with Gasteiger partial charge in [-0.05, 0) is 30.3 Å². The lowest BCUT2D eigenvalue weighted by Crippen LogP contribution is -2.18. The van der Waals surface area contributed by atoms with E-state index >= 15 is 0 Å². The number of aromatic nitrogens is 3. The van der Waals surface area contributed by atoms with Crippen LogP contribution < -0.4 is 20.3 Å². The molecule has 0 fully saturated rings. The second-order valence-corrected chi connectivity index (χ2v) is 7.06. The smallest absolute Gasteiger partial charge is 0.278 e. The summed E-state index contributed by atoms with van der Waals surface area (Å²) in [6.45, 7) is 0.864. The summed E-state index contributed by atoms with van der Waals surface area (Å²) in [6, 6.07) is 8.24. The second-order valence-electron chi connectivity index (χ2n) is 6.10. The van der Waals surface area contributed by atoms with Crippen molar-refractivity contribution in [3.8, 4) is 22.8 Å². The number of rotatable bonds is 5. The van der Waals surface area contributed by atoms with Crippen LogP contribution in [0, 0.1) is 11.6 Å². The van der Waals surface area contributed by atoms with E-state index in [9.17, 15) is 18.4 Å². The molecule has 0 aliphatic carbocycles. The van der Waals surface area contributed by atoms with E-state index in [1.807, 2.05) is 0 Å². The van der Waals surface area contributed by atoms with E-state index in [4.69, 9.17) is 9.47 Å². The van der Waals surface area contributed by atoms with Crippen LogP contribution in [0.4, 0.5) is 14.5 Å². The Balaban J connectivity index is 1.44. The molecule has 1 aliphatic rings. The van der Waals surface area contributed by atoms with Crippen molar-refractivity contribution in [3.05, 3.63) is 58.4 Å². The van der Waals surface area contributed by atoms with Crippen molar-refractivity contribution in [2.75, 3.05) is 24.3 Å². The SMILES string of the molecule is O=C(CSc1nnc(-c2ccc3c(c2)OCCO3)c(=O)[nH]1)Nc1c(F)cccc1F. The highest BCUT2D eigenvalue weighted by atomic mass is 32.2. The van der Waals surface area contributed by atoms with Crippen LogP contribution in [0.2, 0.25) is 0 Å².